The van der Waals surface area contributed by atoms with Crippen LogP contribution in [0, 0.1) is 12.7 Å². The number of carbonyl (C=O) groups excluding carboxylic acids is 1. The van der Waals surface area contributed by atoms with Gasteiger partial charge >= 0.3 is 0 Å². The average molecular weight is 385 g/mol. The fourth-order valence-electron chi connectivity index (χ4n) is 2.53. The lowest BCUT2D eigenvalue weighted by Gasteiger charge is -2.10. The van der Waals surface area contributed by atoms with E-state index in [4.69, 9.17) is 4.74 Å². The molecule has 3 rings (SSSR count). The molecule has 0 saturated heterocycles. The van der Waals surface area contributed by atoms with Crippen LogP contribution in [-0.4, -0.2) is 41.9 Å². The van der Waals surface area contributed by atoms with Crippen molar-refractivity contribution in [3.63, 3.8) is 0 Å². The molecule has 2 aromatic carbocycles. The van der Waals surface area contributed by atoms with Crippen LogP contribution in [-0.2, 0) is 9.53 Å². The second kappa shape index (κ2) is 8.92. The van der Waals surface area contributed by atoms with E-state index in [-0.39, 0.29) is 17.5 Å². The van der Waals surface area contributed by atoms with E-state index < -0.39 is 0 Å². The molecule has 0 unspecified atom stereocenters. The van der Waals surface area contributed by atoms with Gasteiger partial charge in [-0.05, 0) is 48.9 Å². The second-order valence-corrected chi connectivity index (χ2v) is 6.98. The highest BCUT2D eigenvalue weighted by atomic mass is 32.2. The van der Waals surface area contributed by atoms with Gasteiger partial charge in [0.1, 0.15) is 10.8 Å². The molecule has 1 N–H and O–H groups in total. The van der Waals surface area contributed by atoms with Crippen LogP contribution < -0.4 is 5.32 Å². The summed E-state index contributed by atoms with van der Waals surface area (Å²) in [5.41, 5.74) is 2.61. The van der Waals surface area contributed by atoms with E-state index in [2.05, 4.69) is 15.3 Å². The molecule has 0 fully saturated rings. The molecule has 27 heavy (non-hydrogen) atoms. The highest BCUT2D eigenvalue weighted by Crippen LogP contribution is 2.29. The number of halogens is 1. The topological polar surface area (TPSA) is 64.1 Å². The molecule has 1 heterocycles. The summed E-state index contributed by atoms with van der Waals surface area (Å²) in [4.78, 5) is 21.2. The van der Waals surface area contributed by atoms with Crippen molar-refractivity contribution in [1.82, 2.24) is 15.3 Å². The van der Waals surface area contributed by atoms with Crippen molar-refractivity contribution in [2.24, 2.45) is 0 Å². The molecule has 0 saturated carbocycles. The number of aryl methyl sites for hydroxylation is 1. The number of nitrogens with one attached hydrogen (secondary N) is 1. The molecule has 7 heteroatoms. The zero-order valence-corrected chi connectivity index (χ0v) is 16.0. The summed E-state index contributed by atoms with van der Waals surface area (Å²) in [5, 5.41) is 4.41. The third-order valence-corrected chi connectivity index (χ3v) is 4.88. The molecule has 0 aliphatic rings. The van der Waals surface area contributed by atoms with E-state index in [1.807, 2.05) is 25.1 Å². The van der Waals surface area contributed by atoms with Gasteiger partial charge in [-0.3, -0.25) is 4.79 Å². The highest BCUT2D eigenvalue weighted by Gasteiger charge is 2.12. The first-order valence-electron chi connectivity index (χ1n) is 8.49. The number of hydrogen-bond acceptors (Lipinski definition) is 5. The van der Waals surface area contributed by atoms with E-state index in [0.29, 0.717) is 19.0 Å². The highest BCUT2D eigenvalue weighted by molar-refractivity contribution is 8.00. The van der Waals surface area contributed by atoms with Gasteiger partial charge in [0.25, 0.3) is 0 Å². The molecule has 0 aliphatic carbocycles. The molecule has 1 amide bonds. The van der Waals surface area contributed by atoms with E-state index in [1.54, 1.807) is 19.2 Å². The predicted octanol–water partition coefficient (Wildman–Crippen LogP) is 3.60. The fourth-order valence-corrected chi connectivity index (χ4v) is 3.38. The Morgan fingerprint density at radius 1 is 1.19 bits per heavy atom. The van der Waals surface area contributed by atoms with Gasteiger partial charge in [-0.15, -0.1) is 0 Å². The maximum absolute atomic E-state index is 13.2. The molecular weight excluding hydrogens is 365 g/mol. The first-order valence-corrected chi connectivity index (χ1v) is 9.48. The third-order valence-electron chi connectivity index (χ3n) is 3.89. The number of hydrogen-bond donors (Lipinski definition) is 1. The number of amides is 1. The average Bonchev–Trinajstić information content (AvgIpc) is 2.66. The minimum absolute atomic E-state index is 0.0840. The van der Waals surface area contributed by atoms with Crippen molar-refractivity contribution >= 4 is 28.6 Å². The number of methoxy groups -OCH3 is 1. The number of carbonyl (C=O) groups is 1. The van der Waals surface area contributed by atoms with Gasteiger partial charge in [-0.2, -0.15) is 0 Å². The van der Waals surface area contributed by atoms with E-state index in [9.17, 15) is 9.18 Å². The Morgan fingerprint density at radius 2 is 1.96 bits per heavy atom. The molecule has 0 bridgehead atoms. The quantitative estimate of drug-likeness (QED) is 0.382. The van der Waals surface area contributed by atoms with Crippen LogP contribution in [0.3, 0.4) is 0 Å². The first kappa shape index (κ1) is 19.3. The van der Waals surface area contributed by atoms with Crippen LogP contribution in [0.25, 0.3) is 22.3 Å². The van der Waals surface area contributed by atoms with Crippen LogP contribution >= 0.6 is 11.8 Å². The molecule has 1 aromatic heterocycles. The minimum Gasteiger partial charge on any atom is -0.383 e. The Morgan fingerprint density at radius 3 is 2.70 bits per heavy atom. The Bertz CT molecular complexity index is 948. The van der Waals surface area contributed by atoms with Gasteiger partial charge in [-0.1, -0.05) is 17.8 Å². The summed E-state index contributed by atoms with van der Waals surface area (Å²) >= 11 is 1.36. The van der Waals surface area contributed by atoms with Crippen LogP contribution in [0.4, 0.5) is 4.39 Å². The van der Waals surface area contributed by atoms with Crippen molar-refractivity contribution < 1.29 is 13.9 Å². The molecular formula is C20H20FN3O2S. The maximum Gasteiger partial charge on any atom is 0.230 e. The van der Waals surface area contributed by atoms with Gasteiger partial charge in [0.2, 0.25) is 5.91 Å². The lowest BCUT2D eigenvalue weighted by molar-refractivity contribution is -0.118. The number of ether oxygens (including phenoxy) is 1. The van der Waals surface area contributed by atoms with Crippen molar-refractivity contribution in [3.8, 4) is 11.4 Å². The van der Waals surface area contributed by atoms with Crippen LogP contribution in [0.2, 0.25) is 0 Å². The number of benzene rings is 2. The standard InChI is InChI=1S/C20H20FN3O2S/c1-13-3-8-16-17(11-13)23-19(14-4-6-15(21)7-5-14)24-20(16)27-12-18(25)22-9-10-26-2/h3-8,11H,9-10,12H2,1-2H3,(H,22,25). The lowest BCUT2D eigenvalue weighted by atomic mass is 10.1. The molecule has 0 aliphatic heterocycles. The largest absolute Gasteiger partial charge is 0.383 e. The maximum atomic E-state index is 13.2. The minimum atomic E-state index is -0.308. The summed E-state index contributed by atoms with van der Waals surface area (Å²) in [5.74, 6) is 0.361. The summed E-state index contributed by atoms with van der Waals surface area (Å²) < 4.78 is 18.2. The van der Waals surface area contributed by atoms with Crippen molar-refractivity contribution in [2.75, 3.05) is 26.0 Å². The summed E-state index contributed by atoms with van der Waals surface area (Å²) in [6, 6.07) is 12.0. The lowest BCUT2D eigenvalue weighted by Crippen LogP contribution is -2.28. The number of aromatic nitrogens is 2. The number of rotatable bonds is 7. The molecule has 5 nitrogen and oxygen atoms in total. The van der Waals surface area contributed by atoms with Gasteiger partial charge in [0.15, 0.2) is 5.82 Å². The zero-order chi connectivity index (χ0) is 19.2. The van der Waals surface area contributed by atoms with E-state index in [0.717, 1.165) is 27.1 Å². The van der Waals surface area contributed by atoms with E-state index >= 15 is 0 Å². The van der Waals surface area contributed by atoms with Gasteiger partial charge < -0.3 is 10.1 Å². The van der Waals surface area contributed by atoms with Gasteiger partial charge in [0.05, 0.1) is 17.9 Å². The molecule has 140 valence electrons. The normalized spacial score (nSPS) is 10.9. The summed E-state index contributed by atoms with van der Waals surface area (Å²) in [6.07, 6.45) is 0. The van der Waals surface area contributed by atoms with Crippen molar-refractivity contribution in [1.29, 1.82) is 0 Å². The second-order valence-electron chi connectivity index (χ2n) is 6.01. The van der Waals surface area contributed by atoms with Crippen LogP contribution in [0.1, 0.15) is 5.56 Å². The first-order chi connectivity index (χ1) is 13.1. The van der Waals surface area contributed by atoms with Gasteiger partial charge in [-0.25, -0.2) is 14.4 Å². The predicted molar refractivity (Wildman–Crippen MR) is 105 cm³/mol. The van der Waals surface area contributed by atoms with E-state index in [1.165, 1.54) is 23.9 Å². The molecule has 0 atom stereocenters. The summed E-state index contributed by atoms with van der Waals surface area (Å²) in [7, 11) is 1.59. The Labute approximate surface area is 161 Å². The number of fused-ring (bicyclic) bond motifs is 1. The SMILES string of the molecule is COCCNC(=O)CSc1nc(-c2ccc(F)cc2)nc2cc(C)ccc12. The Balaban J connectivity index is 1.90. The molecule has 0 radical (unpaired) electrons. The monoisotopic (exact) mass is 385 g/mol. The van der Waals surface area contributed by atoms with Crippen molar-refractivity contribution in [2.45, 2.75) is 11.9 Å². The van der Waals surface area contributed by atoms with Crippen LogP contribution in [0.5, 0.6) is 0 Å². The number of thioether (sulfide) groups is 1. The zero-order valence-electron chi connectivity index (χ0n) is 15.2. The number of nitrogens with zero attached hydrogens (tertiary/aromatic N) is 2. The fraction of sp³-hybridized carbons (Fsp3) is 0.250. The Hall–Kier alpha value is -2.51. The Kier molecular flexibility index (Phi) is 6.36. The smallest absolute Gasteiger partial charge is 0.230 e. The third kappa shape index (κ3) is 5.02. The van der Waals surface area contributed by atoms with Crippen LogP contribution in [0.15, 0.2) is 47.5 Å². The summed E-state index contributed by atoms with van der Waals surface area (Å²) in [6.45, 7) is 2.94. The molecule has 0 spiro atoms. The van der Waals surface area contributed by atoms with Crippen molar-refractivity contribution in [3.05, 3.63) is 53.8 Å². The van der Waals surface area contributed by atoms with Gasteiger partial charge in [0, 0.05) is 24.6 Å². The molecule has 3 aromatic rings.